The van der Waals surface area contributed by atoms with Gasteiger partial charge in [0.05, 0.1) is 0 Å². The molecular formula is C19H25N3O. The van der Waals surface area contributed by atoms with E-state index in [2.05, 4.69) is 47.0 Å². The second-order valence-corrected chi connectivity index (χ2v) is 7.17. The molecule has 0 radical (unpaired) electrons. The van der Waals surface area contributed by atoms with Gasteiger partial charge in [-0.3, -0.25) is 4.79 Å². The molecule has 0 bridgehead atoms. The molecule has 2 saturated heterocycles. The monoisotopic (exact) mass is 311 g/mol. The van der Waals surface area contributed by atoms with E-state index in [0.29, 0.717) is 12.1 Å². The summed E-state index contributed by atoms with van der Waals surface area (Å²) in [5, 5.41) is 1.13. The number of nitrogens with one attached hydrogen (secondary N) is 1. The van der Waals surface area contributed by atoms with Gasteiger partial charge in [-0.05, 0) is 64.4 Å². The molecule has 4 rings (SSSR count). The Hall–Kier alpha value is -1.81. The maximum absolute atomic E-state index is 13.1. The fraction of sp³-hybridized carbons (Fsp3) is 0.526. The van der Waals surface area contributed by atoms with Gasteiger partial charge in [-0.1, -0.05) is 11.6 Å². The van der Waals surface area contributed by atoms with Gasteiger partial charge in [0.25, 0.3) is 5.91 Å². The first-order chi connectivity index (χ1) is 11.1. The van der Waals surface area contributed by atoms with E-state index in [1.54, 1.807) is 0 Å². The van der Waals surface area contributed by atoms with Crippen LogP contribution in [0.5, 0.6) is 0 Å². The third-order valence-corrected chi connectivity index (χ3v) is 5.59. The average molecular weight is 311 g/mol. The quantitative estimate of drug-likeness (QED) is 0.925. The van der Waals surface area contributed by atoms with E-state index in [1.165, 1.54) is 18.4 Å². The SMILES string of the molecule is Cc1ccc2[nH]c(C(=O)N3CCC[C@H]3[C@H]3CCCN3C)cc2c1. The molecule has 2 atom stereocenters. The number of carbonyl (C=O) groups is 1. The molecular weight excluding hydrogens is 286 g/mol. The fourth-order valence-corrected chi connectivity index (χ4v) is 4.39. The summed E-state index contributed by atoms with van der Waals surface area (Å²) in [6.07, 6.45) is 4.74. The van der Waals surface area contributed by atoms with E-state index in [0.717, 1.165) is 42.5 Å². The van der Waals surface area contributed by atoms with Gasteiger partial charge in [-0.2, -0.15) is 0 Å². The first-order valence-electron chi connectivity index (χ1n) is 8.74. The highest BCUT2D eigenvalue weighted by Gasteiger charge is 2.38. The van der Waals surface area contributed by atoms with Gasteiger partial charge in [0, 0.05) is 29.5 Å². The van der Waals surface area contributed by atoms with Crippen LogP contribution in [0, 0.1) is 6.92 Å². The van der Waals surface area contributed by atoms with Crippen LogP contribution in [0.15, 0.2) is 24.3 Å². The minimum absolute atomic E-state index is 0.168. The summed E-state index contributed by atoms with van der Waals surface area (Å²) in [5.74, 6) is 0.168. The van der Waals surface area contributed by atoms with Gasteiger partial charge in [0.1, 0.15) is 5.69 Å². The van der Waals surface area contributed by atoms with Crippen molar-refractivity contribution in [2.24, 2.45) is 0 Å². The number of carbonyl (C=O) groups excluding carboxylic acids is 1. The Morgan fingerprint density at radius 2 is 1.91 bits per heavy atom. The second kappa shape index (κ2) is 5.68. The zero-order valence-corrected chi connectivity index (χ0v) is 14.0. The third kappa shape index (κ3) is 2.55. The number of hydrogen-bond donors (Lipinski definition) is 1. The molecule has 0 aliphatic carbocycles. The molecule has 23 heavy (non-hydrogen) atoms. The molecule has 2 aromatic rings. The Morgan fingerprint density at radius 3 is 2.70 bits per heavy atom. The zero-order valence-electron chi connectivity index (χ0n) is 14.0. The topological polar surface area (TPSA) is 39.3 Å². The number of aromatic nitrogens is 1. The van der Waals surface area contributed by atoms with Gasteiger partial charge < -0.3 is 14.8 Å². The smallest absolute Gasteiger partial charge is 0.270 e. The molecule has 4 nitrogen and oxygen atoms in total. The van der Waals surface area contributed by atoms with Crippen molar-refractivity contribution in [3.05, 3.63) is 35.5 Å². The predicted octanol–water partition coefficient (Wildman–Crippen LogP) is 3.18. The van der Waals surface area contributed by atoms with Crippen molar-refractivity contribution in [2.75, 3.05) is 20.1 Å². The van der Waals surface area contributed by atoms with Crippen molar-refractivity contribution in [1.82, 2.24) is 14.8 Å². The van der Waals surface area contributed by atoms with Crippen LogP contribution in [-0.4, -0.2) is 52.9 Å². The maximum Gasteiger partial charge on any atom is 0.270 e. The summed E-state index contributed by atoms with van der Waals surface area (Å²) >= 11 is 0. The summed E-state index contributed by atoms with van der Waals surface area (Å²) < 4.78 is 0. The van der Waals surface area contributed by atoms with E-state index in [-0.39, 0.29) is 5.91 Å². The number of aryl methyl sites for hydroxylation is 1. The van der Waals surface area contributed by atoms with Crippen molar-refractivity contribution in [3.63, 3.8) is 0 Å². The van der Waals surface area contributed by atoms with Crippen molar-refractivity contribution in [3.8, 4) is 0 Å². The standard InChI is InChI=1S/C19H25N3O/c1-13-7-8-15-14(11-13)12-16(20-15)19(23)22-10-4-6-18(22)17-5-3-9-21(17)2/h7-8,11-12,17-18,20H,3-6,9-10H2,1-2H3/t17-,18+/m1/s1. The molecule has 1 amide bonds. The Morgan fingerprint density at radius 1 is 1.13 bits per heavy atom. The number of fused-ring (bicyclic) bond motifs is 1. The predicted molar refractivity (Wildman–Crippen MR) is 92.7 cm³/mol. The Bertz CT molecular complexity index is 735. The van der Waals surface area contributed by atoms with Gasteiger partial charge in [-0.15, -0.1) is 0 Å². The highest BCUT2D eigenvalue weighted by Crippen LogP contribution is 2.30. The molecule has 1 aromatic heterocycles. The van der Waals surface area contributed by atoms with Gasteiger partial charge in [0.2, 0.25) is 0 Å². The maximum atomic E-state index is 13.1. The fourth-order valence-electron chi connectivity index (χ4n) is 4.39. The average Bonchev–Trinajstić information content (AvgIpc) is 3.23. The van der Waals surface area contributed by atoms with Gasteiger partial charge in [-0.25, -0.2) is 0 Å². The highest BCUT2D eigenvalue weighted by molar-refractivity contribution is 5.98. The number of likely N-dealkylation sites (tertiary alicyclic amines) is 2. The van der Waals surface area contributed by atoms with E-state index in [4.69, 9.17) is 0 Å². The lowest BCUT2D eigenvalue weighted by molar-refractivity contribution is 0.0659. The lowest BCUT2D eigenvalue weighted by Crippen LogP contribution is -2.47. The number of nitrogens with zero attached hydrogens (tertiary/aromatic N) is 2. The molecule has 2 aliphatic heterocycles. The molecule has 1 aromatic carbocycles. The van der Waals surface area contributed by atoms with Crippen molar-refractivity contribution < 1.29 is 4.79 Å². The number of aromatic amines is 1. The van der Waals surface area contributed by atoms with Crippen molar-refractivity contribution >= 4 is 16.8 Å². The number of amides is 1. The second-order valence-electron chi connectivity index (χ2n) is 7.17. The number of benzene rings is 1. The first-order valence-corrected chi connectivity index (χ1v) is 8.74. The Labute approximate surface area is 137 Å². The minimum Gasteiger partial charge on any atom is -0.351 e. The Balaban J connectivity index is 1.61. The van der Waals surface area contributed by atoms with Crippen LogP contribution in [0.2, 0.25) is 0 Å². The van der Waals surface area contributed by atoms with Crippen molar-refractivity contribution in [1.29, 1.82) is 0 Å². The van der Waals surface area contributed by atoms with Crippen LogP contribution in [0.4, 0.5) is 0 Å². The van der Waals surface area contributed by atoms with Crippen LogP contribution in [0.3, 0.4) is 0 Å². The van der Waals surface area contributed by atoms with Crippen LogP contribution in [0.25, 0.3) is 10.9 Å². The largest absolute Gasteiger partial charge is 0.351 e. The van der Waals surface area contributed by atoms with E-state index in [9.17, 15) is 4.79 Å². The van der Waals surface area contributed by atoms with Gasteiger partial charge in [0.15, 0.2) is 0 Å². The molecule has 0 unspecified atom stereocenters. The van der Waals surface area contributed by atoms with Gasteiger partial charge >= 0.3 is 0 Å². The first kappa shape index (κ1) is 14.8. The molecule has 3 heterocycles. The van der Waals surface area contributed by atoms with E-state index in [1.807, 2.05) is 6.07 Å². The summed E-state index contributed by atoms with van der Waals surface area (Å²) in [4.78, 5) is 20.9. The molecule has 2 aliphatic rings. The lowest BCUT2D eigenvalue weighted by Gasteiger charge is -2.33. The minimum atomic E-state index is 0.168. The Kier molecular flexibility index (Phi) is 3.64. The summed E-state index contributed by atoms with van der Waals surface area (Å²) in [7, 11) is 2.20. The highest BCUT2D eigenvalue weighted by atomic mass is 16.2. The zero-order chi connectivity index (χ0) is 16.0. The number of rotatable bonds is 2. The number of H-pyrrole nitrogens is 1. The number of hydrogen-bond acceptors (Lipinski definition) is 2. The molecule has 1 N–H and O–H groups in total. The third-order valence-electron chi connectivity index (χ3n) is 5.59. The van der Waals surface area contributed by atoms with Crippen molar-refractivity contribution in [2.45, 2.75) is 44.7 Å². The summed E-state index contributed by atoms with van der Waals surface area (Å²) in [6.45, 7) is 4.14. The van der Waals surface area contributed by atoms with E-state index < -0.39 is 0 Å². The normalized spacial score (nSPS) is 25.6. The molecule has 0 spiro atoms. The van der Waals surface area contributed by atoms with Crippen LogP contribution in [-0.2, 0) is 0 Å². The summed E-state index contributed by atoms with van der Waals surface area (Å²) in [5.41, 5.74) is 3.01. The van der Waals surface area contributed by atoms with Crippen LogP contribution < -0.4 is 0 Å². The molecule has 0 saturated carbocycles. The van der Waals surface area contributed by atoms with Crippen LogP contribution >= 0.6 is 0 Å². The molecule has 122 valence electrons. The summed E-state index contributed by atoms with van der Waals surface area (Å²) in [6, 6.07) is 9.20. The van der Waals surface area contributed by atoms with E-state index >= 15 is 0 Å². The molecule has 4 heteroatoms. The number of likely N-dealkylation sites (N-methyl/N-ethyl adjacent to an activating group) is 1. The lowest BCUT2D eigenvalue weighted by atomic mass is 10.0. The molecule has 2 fully saturated rings. The van der Waals surface area contributed by atoms with Crippen LogP contribution in [0.1, 0.15) is 41.7 Å².